The molecule has 8 nitrogen and oxygen atoms in total. The lowest BCUT2D eigenvalue weighted by atomic mass is 9.83. The van der Waals surface area contributed by atoms with Gasteiger partial charge < -0.3 is 15.4 Å². The minimum Gasteiger partial charge on any atom is -0.436 e. The molecule has 1 aromatic heterocycles. The minimum absolute atomic E-state index is 0.0177. The number of alkyl halides is 3. The molecule has 1 spiro atoms. The fourth-order valence-electron chi connectivity index (χ4n) is 5.18. The molecule has 0 bridgehead atoms. The summed E-state index contributed by atoms with van der Waals surface area (Å²) < 4.78 is 63.3. The van der Waals surface area contributed by atoms with E-state index in [0.717, 1.165) is 13.1 Å². The Bertz CT molecular complexity index is 1230. The second-order valence-electron chi connectivity index (χ2n) is 9.40. The smallest absolute Gasteiger partial charge is 0.413 e. The van der Waals surface area contributed by atoms with Gasteiger partial charge in [0.15, 0.2) is 17.0 Å². The van der Waals surface area contributed by atoms with Crippen LogP contribution in [0.4, 0.5) is 33.9 Å². The normalized spacial score (nSPS) is 23.9. The van der Waals surface area contributed by atoms with Crippen LogP contribution in [0.5, 0.6) is 0 Å². The summed E-state index contributed by atoms with van der Waals surface area (Å²) in [6.07, 6.45) is -3.12. The number of hydrogen-bond acceptors (Lipinski definition) is 5. The molecule has 2 aliphatic heterocycles. The zero-order chi connectivity index (χ0) is 25.3. The Hall–Kier alpha value is -3.02. The van der Waals surface area contributed by atoms with E-state index in [-0.39, 0.29) is 41.3 Å². The molecule has 5 rings (SSSR count). The molecule has 2 aromatic rings. The lowest BCUT2D eigenvalue weighted by Crippen LogP contribution is -2.53. The van der Waals surface area contributed by atoms with E-state index in [1.165, 1.54) is 17.0 Å². The molecule has 188 valence electrons. The van der Waals surface area contributed by atoms with Gasteiger partial charge in [0.2, 0.25) is 0 Å². The SMILES string of the molecule is CC(C1CC1)(n1ncc(C(=O)N2CCC[C@@]3(C2)OC(=O)Nc2ccc(Cl)c(F)c23)c1N)C(F)(F)F. The van der Waals surface area contributed by atoms with Crippen molar-refractivity contribution >= 4 is 35.1 Å². The fourth-order valence-corrected chi connectivity index (χ4v) is 5.34. The van der Waals surface area contributed by atoms with Crippen LogP contribution >= 0.6 is 11.6 Å². The molecule has 1 aliphatic carbocycles. The maximum atomic E-state index is 15.1. The number of amides is 2. The van der Waals surface area contributed by atoms with E-state index in [1.54, 1.807) is 0 Å². The van der Waals surface area contributed by atoms with Crippen molar-refractivity contribution in [1.82, 2.24) is 14.7 Å². The number of benzene rings is 1. The van der Waals surface area contributed by atoms with Crippen LogP contribution in [0.2, 0.25) is 5.02 Å². The third kappa shape index (κ3) is 3.52. The first-order valence-corrected chi connectivity index (χ1v) is 11.5. The van der Waals surface area contributed by atoms with E-state index in [4.69, 9.17) is 22.1 Å². The van der Waals surface area contributed by atoms with Gasteiger partial charge in [0.05, 0.1) is 29.0 Å². The Labute approximate surface area is 202 Å². The average molecular weight is 516 g/mol. The first-order chi connectivity index (χ1) is 16.4. The highest BCUT2D eigenvalue weighted by atomic mass is 35.5. The Morgan fingerprint density at radius 1 is 1.34 bits per heavy atom. The predicted molar refractivity (Wildman–Crippen MR) is 117 cm³/mol. The summed E-state index contributed by atoms with van der Waals surface area (Å²) in [6.45, 7) is 0.996. The summed E-state index contributed by atoms with van der Waals surface area (Å²) in [4.78, 5) is 26.9. The molecule has 2 atom stereocenters. The number of aromatic nitrogens is 2. The number of fused-ring (bicyclic) bond motifs is 2. The van der Waals surface area contributed by atoms with Crippen molar-refractivity contribution in [3.8, 4) is 0 Å². The zero-order valence-corrected chi connectivity index (χ0v) is 19.3. The van der Waals surface area contributed by atoms with Crippen LogP contribution in [-0.4, -0.2) is 45.9 Å². The molecule has 3 N–H and O–H groups in total. The highest BCUT2D eigenvalue weighted by Gasteiger charge is 2.62. The van der Waals surface area contributed by atoms with E-state index in [2.05, 4.69) is 10.4 Å². The van der Waals surface area contributed by atoms with E-state index >= 15 is 4.39 Å². The molecule has 1 saturated heterocycles. The van der Waals surface area contributed by atoms with Gasteiger partial charge in [0, 0.05) is 6.54 Å². The number of nitrogen functional groups attached to an aromatic ring is 1. The standard InChI is InChI=1S/C22H22ClF4N5O3/c1-20(11-3-4-11,22(25,26)27)32-17(28)12(9-29-32)18(33)31-8-2-7-21(10-31)15-14(30-19(34)35-21)6-5-13(23)16(15)24/h5-6,9,11H,2-4,7-8,10,28H2,1H3,(H,30,34)/t20?,21-/m0/s1. The zero-order valence-electron chi connectivity index (χ0n) is 18.6. The van der Waals surface area contributed by atoms with Gasteiger partial charge in [0.1, 0.15) is 11.4 Å². The Morgan fingerprint density at radius 3 is 2.71 bits per heavy atom. The summed E-state index contributed by atoms with van der Waals surface area (Å²) in [7, 11) is 0. The number of nitrogens with two attached hydrogens (primary N) is 1. The minimum atomic E-state index is -4.63. The van der Waals surface area contributed by atoms with Gasteiger partial charge in [-0.05, 0) is 50.7 Å². The van der Waals surface area contributed by atoms with Crippen LogP contribution < -0.4 is 11.1 Å². The Morgan fingerprint density at radius 2 is 2.06 bits per heavy atom. The summed E-state index contributed by atoms with van der Waals surface area (Å²) in [5.74, 6) is -2.56. The molecule has 1 saturated carbocycles. The molecule has 2 amide bonds. The van der Waals surface area contributed by atoms with Gasteiger partial charge in [0.25, 0.3) is 5.91 Å². The lowest BCUT2D eigenvalue weighted by molar-refractivity contribution is -0.219. The van der Waals surface area contributed by atoms with E-state index in [1.807, 2.05) is 0 Å². The molecule has 3 heterocycles. The molecule has 35 heavy (non-hydrogen) atoms. The van der Waals surface area contributed by atoms with Crippen LogP contribution in [0.1, 0.15) is 48.5 Å². The fraction of sp³-hybridized carbons (Fsp3) is 0.500. The van der Waals surface area contributed by atoms with E-state index < -0.39 is 46.9 Å². The first kappa shape index (κ1) is 23.7. The number of halogens is 5. The Balaban J connectivity index is 1.50. The van der Waals surface area contributed by atoms with Gasteiger partial charge in [-0.25, -0.2) is 13.9 Å². The summed E-state index contributed by atoms with van der Waals surface area (Å²) >= 11 is 5.97. The Kier molecular flexibility index (Phi) is 5.24. The summed E-state index contributed by atoms with van der Waals surface area (Å²) in [5.41, 5.74) is 2.18. The van der Waals surface area contributed by atoms with E-state index in [0.29, 0.717) is 23.9 Å². The second kappa shape index (κ2) is 7.74. The quantitative estimate of drug-likeness (QED) is 0.580. The van der Waals surface area contributed by atoms with Gasteiger partial charge in [-0.3, -0.25) is 10.1 Å². The molecule has 0 radical (unpaired) electrons. The molecular weight excluding hydrogens is 494 g/mol. The maximum Gasteiger partial charge on any atom is 0.413 e. The number of piperidine rings is 1. The van der Waals surface area contributed by atoms with Crippen molar-refractivity contribution in [2.75, 3.05) is 24.1 Å². The van der Waals surface area contributed by atoms with Crippen molar-refractivity contribution in [2.24, 2.45) is 5.92 Å². The third-order valence-electron chi connectivity index (χ3n) is 7.24. The number of carbonyl (C=O) groups excluding carboxylic acids is 2. The number of rotatable bonds is 3. The highest BCUT2D eigenvalue weighted by molar-refractivity contribution is 6.31. The van der Waals surface area contributed by atoms with Crippen molar-refractivity contribution in [2.45, 2.75) is 49.9 Å². The largest absolute Gasteiger partial charge is 0.436 e. The molecule has 1 unspecified atom stereocenters. The van der Waals surface area contributed by atoms with Gasteiger partial charge in [-0.2, -0.15) is 18.3 Å². The van der Waals surface area contributed by atoms with Gasteiger partial charge in [-0.15, -0.1) is 0 Å². The van der Waals surface area contributed by atoms with Crippen LogP contribution in [-0.2, 0) is 15.9 Å². The third-order valence-corrected chi connectivity index (χ3v) is 7.53. The number of likely N-dealkylation sites (tertiary alicyclic amines) is 1. The molecule has 2 fully saturated rings. The average Bonchev–Trinajstić information content (AvgIpc) is 3.57. The van der Waals surface area contributed by atoms with Gasteiger partial charge in [-0.1, -0.05) is 11.6 Å². The highest BCUT2D eigenvalue weighted by Crippen LogP contribution is 2.53. The topological polar surface area (TPSA) is 102 Å². The lowest BCUT2D eigenvalue weighted by Gasteiger charge is -2.45. The number of anilines is 2. The predicted octanol–water partition coefficient (Wildman–Crippen LogP) is 4.64. The first-order valence-electron chi connectivity index (χ1n) is 11.1. The molecular formula is C22H22ClF4N5O3. The monoisotopic (exact) mass is 515 g/mol. The second-order valence-corrected chi connectivity index (χ2v) is 9.81. The maximum absolute atomic E-state index is 15.1. The van der Waals surface area contributed by atoms with Crippen LogP contribution in [0.25, 0.3) is 0 Å². The molecule has 13 heteroatoms. The number of nitrogens with one attached hydrogen (secondary N) is 1. The molecule has 3 aliphatic rings. The number of hydrogen-bond donors (Lipinski definition) is 2. The number of ether oxygens (including phenoxy) is 1. The number of carbonyl (C=O) groups is 2. The van der Waals surface area contributed by atoms with Gasteiger partial charge >= 0.3 is 12.3 Å². The molecule has 1 aromatic carbocycles. The van der Waals surface area contributed by atoms with Crippen molar-refractivity contribution in [1.29, 1.82) is 0 Å². The van der Waals surface area contributed by atoms with Crippen LogP contribution in [0.3, 0.4) is 0 Å². The summed E-state index contributed by atoms with van der Waals surface area (Å²) in [6, 6.07) is 2.74. The summed E-state index contributed by atoms with van der Waals surface area (Å²) in [5, 5.41) is 6.11. The van der Waals surface area contributed by atoms with Crippen LogP contribution in [0.15, 0.2) is 18.3 Å². The van der Waals surface area contributed by atoms with E-state index in [9.17, 15) is 22.8 Å². The number of nitrogens with zero attached hydrogens (tertiary/aromatic N) is 3. The van der Waals surface area contributed by atoms with Crippen molar-refractivity contribution < 1.29 is 31.9 Å². The van der Waals surface area contributed by atoms with Crippen molar-refractivity contribution in [3.05, 3.63) is 40.3 Å². The van der Waals surface area contributed by atoms with Crippen LogP contribution in [0, 0.1) is 11.7 Å². The van der Waals surface area contributed by atoms with Crippen molar-refractivity contribution in [3.63, 3.8) is 0 Å².